The highest BCUT2D eigenvalue weighted by Gasteiger charge is 2.59. The Balaban J connectivity index is 1.82. The van der Waals surface area contributed by atoms with Gasteiger partial charge < -0.3 is 5.32 Å². The molecule has 2 aliphatic rings. The molecule has 2 fully saturated rings. The van der Waals surface area contributed by atoms with Crippen LogP contribution in [0.4, 0.5) is 5.69 Å². The van der Waals surface area contributed by atoms with E-state index in [0.717, 1.165) is 5.92 Å². The first-order chi connectivity index (χ1) is 8.95. The van der Waals surface area contributed by atoms with Crippen LogP contribution in [0.25, 0.3) is 0 Å². The lowest BCUT2D eigenvalue weighted by atomic mass is 9.68. The van der Waals surface area contributed by atoms with Crippen LogP contribution in [0.5, 0.6) is 0 Å². The number of rotatable bonds is 3. The monoisotopic (exact) mass is 275 g/mol. The first kappa shape index (κ1) is 13.4. The van der Waals surface area contributed by atoms with Crippen LogP contribution in [0.15, 0.2) is 29.2 Å². The normalized spacial score (nSPS) is 35.6. The Morgan fingerprint density at radius 1 is 1.16 bits per heavy atom. The highest BCUT2D eigenvalue weighted by atomic mass is 32.2. The maximum absolute atomic E-state index is 3.85. The number of hydrogen-bond acceptors (Lipinski definition) is 2. The summed E-state index contributed by atoms with van der Waals surface area (Å²) in [6, 6.07) is 9.51. The third-order valence-corrected chi connectivity index (χ3v) is 6.41. The van der Waals surface area contributed by atoms with E-state index in [-0.39, 0.29) is 0 Å². The lowest BCUT2D eigenvalue weighted by Crippen LogP contribution is -2.45. The van der Waals surface area contributed by atoms with Gasteiger partial charge in [0.05, 0.1) is 0 Å². The van der Waals surface area contributed by atoms with Crippen LogP contribution in [-0.2, 0) is 0 Å². The van der Waals surface area contributed by atoms with Crippen LogP contribution in [-0.4, -0.2) is 12.3 Å². The van der Waals surface area contributed by atoms with E-state index in [0.29, 0.717) is 16.9 Å². The van der Waals surface area contributed by atoms with Crippen molar-refractivity contribution in [2.24, 2.45) is 16.7 Å². The molecule has 0 aromatic heterocycles. The van der Waals surface area contributed by atoms with Crippen molar-refractivity contribution >= 4 is 17.4 Å². The van der Waals surface area contributed by atoms with Gasteiger partial charge in [0, 0.05) is 16.6 Å². The van der Waals surface area contributed by atoms with Gasteiger partial charge in [-0.3, -0.25) is 0 Å². The number of hydrogen-bond donors (Lipinski definition) is 1. The fraction of sp³-hybridized carbons (Fsp3) is 0.647. The van der Waals surface area contributed by atoms with E-state index in [1.54, 1.807) is 11.8 Å². The molecule has 2 aliphatic carbocycles. The number of benzene rings is 1. The first-order valence-corrected chi connectivity index (χ1v) is 8.59. The summed E-state index contributed by atoms with van der Waals surface area (Å²) in [5.41, 5.74) is 2.20. The lowest BCUT2D eigenvalue weighted by Gasteiger charge is -2.43. The predicted molar refractivity (Wildman–Crippen MR) is 84.9 cm³/mol. The van der Waals surface area contributed by atoms with Crippen LogP contribution < -0.4 is 5.32 Å². The smallest absolute Gasteiger partial charge is 0.0368 e. The first-order valence-electron chi connectivity index (χ1n) is 7.36. The van der Waals surface area contributed by atoms with Crippen LogP contribution in [0.1, 0.15) is 40.0 Å². The molecule has 2 heteroatoms. The summed E-state index contributed by atoms with van der Waals surface area (Å²) in [5.74, 6) is 0.903. The summed E-state index contributed by atoms with van der Waals surface area (Å²) in [4.78, 5) is 1.34. The van der Waals surface area contributed by atoms with Crippen molar-refractivity contribution in [3.05, 3.63) is 24.3 Å². The van der Waals surface area contributed by atoms with Gasteiger partial charge >= 0.3 is 0 Å². The second kappa shape index (κ2) is 4.44. The molecule has 2 bridgehead atoms. The molecule has 1 N–H and O–H groups in total. The fourth-order valence-corrected chi connectivity index (χ4v) is 4.92. The highest BCUT2D eigenvalue weighted by molar-refractivity contribution is 7.98. The predicted octanol–water partition coefficient (Wildman–Crippen LogP) is 5.04. The molecule has 0 spiro atoms. The van der Waals surface area contributed by atoms with Crippen LogP contribution >= 0.6 is 11.8 Å². The standard InChI is InChI=1S/C17H25NS/c1-16(2)12-9-10-17(3,11-12)15(16)18-13-5-7-14(19-4)8-6-13/h5-8,12,15,18H,9-11H2,1-4H3. The van der Waals surface area contributed by atoms with E-state index in [2.05, 4.69) is 56.6 Å². The van der Waals surface area contributed by atoms with Crippen LogP contribution in [0, 0.1) is 16.7 Å². The Kier molecular flexibility index (Phi) is 3.12. The van der Waals surface area contributed by atoms with E-state index in [1.165, 1.54) is 29.8 Å². The van der Waals surface area contributed by atoms with Gasteiger partial charge in [0.25, 0.3) is 0 Å². The molecule has 0 amide bonds. The Labute approximate surface area is 121 Å². The number of fused-ring (bicyclic) bond motifs is 2. The third-order valence-electron chi connectivity index (χ3n) is 5.67. The molecule has 1 aromatic rings. The van der Waals surface area contributed by atoms with Gasteiger partial charge in [-0.1, -0.05) is 20.8 Å². The zero-order valence-electron chi connectivity index (χ0n) is 12.5. The quantitative estimate of drug-likeness (QED) is 0.776. The van der Waals surface area contributed by atoms with Gasteiger partial charge in [-0.2, -0.15) is 0 Å². The van der Waals surface area contributed by atoms with Gasteiger partial charge in [-0.25, -0.2) is 0 Å². The van der Waals surface area contributed by atoms with Crippen molar-refractivity contribution in [1.82, 2.24) is 0 Å². The van der Waals surface area contributed by atoms with E-state index in [4.69, 9.17) is 0 Å². The molecule has 0 heterocycles. The molecule has 1 nitrogen and oxygen atoms in total. The molecule has 2 saturated carbocycles. The van der Waals surface area contributed by atoms with Crippen molar-refractivity contribution in [3.63, 3.8) is 0 Å². The summed E-state index contributed by atoms with van der Waals surface area (Å²) >= 11 is 1.80. The molecule has 19 heavy (non-hydrogen) atoms. The minimum absolute atomic E-state index is 0.422. The van der Waals surface area contributed by atoms with E-state index < -0.39 is 0 Å². The van der Waals surface area contributed by atoms with Gasteiger partial charge in [0.1, 0.15) is 0 Å². The summed E-state index contributed by atoms with van der Waals surface area (Å²) in [6.45, 7) is 7.39. The number of thioether (sulfide) groups is 1. The number of anilines is 1. The molecule has 3 unspecified atom stereocenters. The average molecular weight is 275 g/mol. The van der Waals surface area contributed by atoms with Crippen molar-refractivity contribution < 1.29 is 0 Å². The largest absolute Gasteiger partial charge is 0.381 e. The van der Waals surface area contributed by atoms with Crippen LogP contribution in [0.3, 0.4) is 0 Å². The fourth-order valence-electron chi connectivity index (χ4n) is 4.52. The molecule has 104 valence electrons. The van der Waals surface area contributed by atoms with Crippen molar-refractivity contribution in [2.75, 3.05) is 11.6 Å². The molecule has 0 radical (unpaired) electrons. The minimum atomic E-state index is 0.422. The SMILES string of the molecule is CSc1ccc(NC2C3(C)CCC(C3)C2(C)C)cc1. The Morgan fingerprint density at radius 2 is 1.84 bits per heavy atom. The zero-order valence-corrected chi connectivity index (χ0v) is 13.3. The minimum Gasteiger partial charge on any atom is -0.381 e. The van der Waals surface area contributed by atoms with Gasteiger partial charge in [0.15, 0.2) is 0 Å². The summed E-state index contributed by atoms with van der Waals surface area (Å²) in [5, 5.41) is 3.85. The summed E-state index contributed by atoms with van der Waals surface area (Å²) in [7, 11) is 0. The van der Waals surface area contributed by atoms with Gasteiger partial charge in [0.2, 0.25) is 0 Å². The average Bonchev–Trinajstić information content (AvgIpc) is 2.87. The zero-order chi connectivity index (χ0) is 13.7. The van der Waals surface area contributed by atoms with Crippen molar-refractivity contribution in [3.8, 4) is 0 Å². The molecular weight excluding hydrogens is 250 g/mol. The van der Waals surface area contributed by atoms with E-state index >= 15 is 0 Å². The second-order valence-electron chi connectivity index (χ2n) is 7.22. The van der Waals surface area contributed by atoms with E-state index in [1.807, 2.05) is 0 Å². The van der Waals surface area contributed by atoms with Crippen molar-refractivity contribution in [2.45, 2.75) is 51.0 Å². The highest BCUT2D eigenvalue weighted by Crippen LogP contribution is 2.63. The van der Waals surface area contributed by atoms with Gasteiger partial charge in [-0.15, -0.1) is 11.8 Å². The Bertz CT molecular complexity index is 460. The summed E-state index contributed by atoms with van der Waals surface area (Å²) < 4.78 is 0. The maximum Gasteiger partial charge on any atom is 0.0368 e. The molecule has 0 saturated heterocycles. The molecule has 1 aromatic carbocycles. The maximum atomic E-state index is 3.85. The van der Waals surface area contributed by atoms with Crippen molar-refractivity contribution in [1.29, 1.82) is 0 Å². The lowest BCUT2D eigenvalue weighted by molar-refractivity contribution is 0.155. The Hall–Kier alpha value is -0.630. The second-order valence-corrected chi connectivity index (χ2v) is 8.10. The summed E-state index contributed by atoms with van der Waals surface area (Å²) in [6.07, 6.45) is 6.35. The molecule has 3 rings (SSSR count). The van der Waals surface area contributed by atoms with E-state index in [9.17, 15) is 0 Å². The van der Waals surface area contributed by atoms with Gasteiger partial charge in [-0.05, 0) is 66.5 Å². The Morgan fingerprint density at radius 3 is 2.37 bits per heavy atom. The molecular formula is C17H25NS. The third kappa shape index (κ3) is 2.08. The molecule has 0 aliphatic heterocycles. The number of nitrogens with one attached hydrogen (secondary N) is 1. The topological polar surface area (TPSA) is 12.0 Å². The van der Waals surface area contributed by atoms with Crippen LogP contribution in [0.2, 0.25) is 0 Å². The molecule has 3 atom stereocenters.